The van der Waals surface area contributed by atoms with E-state index in [2.05, 4.69) is 25.5 Å². The number of hydrogen-bond acceptors (Lipinski definition) is 7. The number of guanidine groups is 1. The summed E-state index contributed by atoms with van der Waals surface area (Å²) in [5.41, 5.74) is 10.3. The van der Waals surface area contributed by atoms with Gasteiger partial charge in [-0.15, -0.1) is 0 Å². The Morgan fingerprint density at radius 1 is 1.18 bits per heavy atom. The van der Waals surface area contributed by atoms with Crippen molar-refractivity contribution in [1.82, 2.24) is 10.3 Å². The molecule has 1 aromatic heterocycles. The summed E-state index contributed by atoms with van der Waals surface area (Å²) in [6.07, 6.45) is -0.271. The summed E-state index contributed by atoms with van der Waals surface area (Å²) in [4.78, 5) is 43.0. The van der Waals surface area contributed by atoms with Gasteiger partial charge in [0.15, 0.2) is 0 Å². The van der Waals surface area contributed by atoms with Gasteiger partial charge in [0.2, 0.25) is 17.8 Å². The molecule has 1 heterocycles. The van der Waals surface area contributed by atoms with Crippen molar-refractivity contribution in [3.8, 4) is 0 Å². The van der Waals surface area contributed by atoms with Crippen molar-refractivity contribution in [2.75, 3.05) is 23.2 Å². The highest BCUT2D eigenvalue weighted by Crippen LogP contribution is 2.19. The molecule has 2 rings (SSSR count). The van der Waals surface area contributed by atoms with E-state index in [-0.39, 0.29) is 47.6 Å². The molecule has 8 N–H and O–H groups in total. The van der Waals surface area contributed by atoms with Crippen LogP contribution in [-0.4, -0.2) is 44.3 Å². The minimum atomic E-state index is -4.16. The molecule has 0 radical (unpaired) electrons. The molecule has 0 aliphatic carbocycles. The lowest BCUT2D eigenvalue weighted by Crippen LogP contribution is -2.30. The fraction of sp³-hybridized carbons (Fsp3) is 0.263. The zero-order chi connectivity index (χ0) is 24.6. The molecule has 14 heteroatoms. The van der Waals surface area contributed by atoms with Crippen molar-refractivity contribution < 1.29 is 22.8 Å². The largest absolute Gasteiger partial charge is 0.391 e. The number of oxime groups is 1. The number of amides is 2. The smallest absolute Gasteiger partial charge is 0.272 e. The molecule has 0 unspecified atom stereocenters. The molecule has 0 fully saturated rings. The van der Waals surface area contributed by atoms with Gasteiger partial charge in [0.1, 0.15) is 12.3 Å². The molecule has 0 atom stereocenters. The summed E-state index contributed by atoms with van der Waals surface area (Å²) >= 11 is 0. The van der Waals surface area contributed by atoms with Gasteiger partial charge in [0, 0.05) is 18.3 Å². The van der Waals surface area contributed by atoms with Gasteiger partial charge in [0.05, 0.1) is 17.9 Å². The molecule has 2 amide bonds. The number of carbonyl (C=O) groups excluding carboxylic acids is 2. The molecule has 2 aromatic rings. The highest BCUT2D eigenvalue weighted by atomic mass is 32.2. The fourth-order valence-electron chi connectivity index (χ4n) is 2.71. The van der Waals surface area contributed by atoms with Gasteiger partial charge < -0.3 is 31.9 Å². The number of anilines is 2. The highest BCUT2D eigenvalue weighted by molar-refractivity contribution is 7.92. The van der Waals surface area contributed by atoms with Crippen LogP contribution in [0.4, 0.5) is 11.4 Å². The number of carbonyl (C=O) groups is 2. The maximum atomic E-state index is 12.8. The Labute approximate surface area is 189 Å². The van der Waals surface area contributed by atoms with E-state index >= 15 is 0 Å². The first-order valence-electron chi connectivity index (χ1n) is 9.59. The number of sulfonamides is 1. The van der Waals surface area contributed by atoms with E-state index < -0.39 is 21.5 Å². The third-order valence-corrected chi connectivity index (χ3v) is 5.37. The second kappa shape index (κ2) is 11.0. The van der Waals surface area contributed by atoms with Crippen LogP contribution in [0.3, 0.4) is 0 Å². The summed E-state index contributed by atoms with van der Waals surface area (Å²) in [5, 5.41) is 8.39. The van der Waals surface area contributed by atoms with E-state index in [1.807, 2.05) is 0 Å². The molecule has 0 bridgehead atoms. The number of hydrogen-bond donors (Lipinski definition) is 6. The van der Waals surface area contributed by atoms with Gasteiger partial charge in [0.25, 0.3) is 15.6 Å². The second-order valence-electron chi connectivity index (χ2n) is 6.87. The van der Waals surface area contributed by atoms with E-state index in [1.54, 1.807) is 6.92 Å². The average molecular weight is 480 g/mol. The molecule has 0 saturated heterocycles. The Balaban J connectivity index is 2.18. The summed E-state index contributed by atoms with van der Waals surface area (Å²) in [5.74, 6) is -1.05. The first-order valence-corrected chi connectivity index (χ1v) is 11.1. The van der Waals surface area contributed by atoms with Crippen LogP contribution in [0, 0.1) is 6.92 Å². The number of H-pyrrole nitrogens is 1. The number of rotatable bonds is 10. The SMILES string of the molecule is CC(=O)Nc1ccc(S(=O)(=O)Nc2c(CC(=O)NCCON=C(N)N)cc(C)[nH]c2=O)cc1. The van der Waals surface area contributed by atoms with Crippen LogP contribution in [0.1, 0.15) is 18.2 Å². The molecule has 0 spiro atoms. The van der Waals surface area contributed by atoms with Crippen molar-refractivity contribution in [2.45, 2.75) is 25.2 Å². The number of benzene rings is 1. The Morgan fingerprint density at radius 2 is 1.85 bits per heavy atom. The van der Waals surface area contributed by atoms with Gasteiger partial charge in [-0.25, -0.2) is 8.42 Å². The van der Waals surface area contributed by atoms with E-state index in [0.29, 0.717) is 11.4 Å². The fourth-order valence-corrected chi connectivity index (χ4v) is 3.82. The number of aromatic amines is 1. The maximum Gasteiger partial charge on any atom is 0.272 e. The minimum Gasteiger partial charge on any atom is -0.391 e. The molecule has 0 aliphatic rings. The Hall–Kier alpha value is -4.07. The molecular formula is C19H25N7O6S. The first kappa shape index (κ1) is 25.2. The normalized spacial score (nSPS) is 10.7. The zero-order valence-corrected chi connectivity index (χ0v) is 18.8. The standard InChI is InChI=1S/C19H25N7O6S/c1-11-9-13(10-16(28)22-7-8-32-25-19(20)21)17(18(29)23-11)26-33(30,31)15-5-3-14(4-6-15)24-12(2)27/h3-6,9,26H,7-8,10H2,1-2H3,(H,22,28)(H,23,29)(H,24,27)(H4,20,21,25). The lowest BCUT2D eigenvalue weighted by Gasteiger charge is -2.13. The van der Waals surface area contributed by atoms with Crippen molar-refractivity contribution in [2.24, 2.45) is 16.6 Å². The second-order valence-corrected chi connectivity index (χ2v) is 8.55. The summed E-state index contributed by atoms with van der Waals surface area (Å²) in [6.45, 7) is 3.01. The van der Waals surface area contributed by atoms with E-state index in [9.17, 15) is 22.8 Å². The Bertz CT molecular complexity index is 1200. The predicted octanol–water partition coefficient (Wildman–Crippen LogP) is -0.694. The Morgan fingerprint density at radius 3 is 2.45 bits per heavy atom. The van der Waals surface area contributed by atoms with Gasteiger partial charge in [-0.1, -0.05) is 0 Å². The number of aromatic nitrogens is 1. The third-order valence-electron chi connectivity index (χ3n) is 4.01. The molecule has 1 aromatic carbocycles. The highest BCUT2D eigenvalue weighted by Gasteiger charge is 2.20. The zero-order valence-electron chi connectivity index (χ0n) is 18.0. The quantitative estimate of drug-likeness (QED) is 0.111. The average Bonchev–Trinajstić information content (AvgIpc) is 2.70. The minimum absolute atomic E-state index is 0.00596. The van der Waals surface area contributed by atoms with Crippen LogP contribution in [-0.2, 0) is 30.9 Å². The van der Waals surface area contributed by atoms with E-state index in [4.69, 9.17) is 16.3 Å². The van der Waals surface area contributed by atoms with Gasteiger partial charge in [-0.2, -0.15) is 0 Å². The van der Waals surface area contributed by atoms with Crippen molar-refractivity contribution in [3.05, 3.63) is 51.9 Å². The van der Waals surface area contributed by atoms with Crippen LogP contribution >= 0.6 is 0 Å². The van der Waals surface area contributed by atoms with E-state index in [1.165, 1.54) is 37.3 Å². The van der Waals surface area contributed by atoms with Crippen LogP contribution in [0.2, 0.25) is 0 Å². The number of nitrogens with zero attached hydrogens (tertiary/aromatic N) is 1. The Kier molecular flexibility index (Phi) is 8.39. The van der Waals surface area contributed by atoms with Crippen LogP contribution in [0.25, 0.3) is 0 Å². The summed E-state index contributed by atoms with van der Waals surface area (Å²) in [6, 6.07) is 6.87. The molecular weight excluding hydrogens is 454 g/mol. The number of nitrogens with one attached hydrogen (secondary N) is 4. The van der Waals surface area contributed by atoms with Gasteiger partial charge in [-0.05, 0) is 48.0 Å². The van der Waals surface area contributed by atoms with Crippen LogP contribution in [0.5, 0.6) is 0 Å². The third kappa shape index (κ3) is 7.84. The van der Waals surface area contributed by atoms with Gasteiger partial charge in [-0.3, -0.25) is 19.1 Å². The van der Waals surface area contributed by atoms with E-state index in [0.717, 1.165) is 0 Å². The maximum absolute atomic E-state index is 12.8. The monoisotopic (exact) mass is 479 g/mol. The lowest BCUT2D eigenvalue weighted by molar-refractivity contribution is -0.120. The molecule has 0 aliphatic heterocycles. The lowest BCUT2D eigenvalue weighted by atomic mass is 10.1. The van der Waals surface area contributed by atoms with Crippen LogP contribution < -0.4 is 32.4 Å². The number of nitrogens with two attached hydrogens (primary N) is 2. The number of aryl methyl sites for hydroxylation is 1. The molecule has 33 heavy (non-hydrogen) atoms. The summed E-state index contributed by atoms with van der Waals surface area (Å²) < 4.78 is 27.9. The van der Waals surface area contributed by atoms with Crippen molar-refractivity contribution >= 4 is 39.2 Å². The molecule has 178 valence electrons. The number of pyridine rings is 1. The van der Waals surface area contributed by atoms with Crippen molar-refractivity contribution in [1.29, 1.82) is 0 Å². The molecule has 13 nitrogen and oxygen atoms in total. The molecule has 0 saturated carbocycles. The van der Waals surface area contributed by atoms with Gasteiger partial charge >= 0.3 is 0 Å². The predicted molar refractivity (Wildman–Crippen MR) is 122 cm³/mol. The van der Waals surface area contributed by atoms with Crippen molar-refractivity contribution in [3.63, 3.8) is 0 Å². The van der Waals surface area contributed by atoms with Crippen LogP contribution in [0.15, 0.2) is 45.2 Å². The topological polar surface area (TPSA) is 211 Å². The first-order chi connectivity index (χ1) is 15.5. The summed E-state index contributed by atoms with van der Waals surface area (Å²) in [7, 11) is -4.16.